The van der Waals surface area contributed by atoms with E-state index in [4.69, 9.17) is 5.73 Å². The van der Waals surface area contributed by atoms with Crippen molar-refractivity contribution in [2.24, 2.45) is 25.7 Å². The highest BCUT2D eigenvalue weighted by molar-refractivity contribution is 7.89. The van der Waals surface area contributed by atoms with E-state index >= 15 is 0 Å². The molecule has 1 fully saturated rings. The molecule has 0 radical (unpaired) electrons. The fourth-order valence-electron chi connectivity index (χ4n) is 3.57. The van der Waals surface area contributed by atoms with Gasteiger partial charge in [0.25, 0.3) is 0 Å². The van der Waals surface area contributed by atoms with E-state index in [9.17, 15) is 13.2 Å². The molecule has 3 rings (SSSR count). The maximum Gasteiger partial charge on any atom is 0.328 e. The van der Waals surface area contributed by atoms with Gasteiger partial charge in [-0.05, 0) is 43.5 Å². The van der Waals surface area contributed by atoms with Gasteiger partial charge < -0.3 is 5.73 Å². The van der Waals surface area contributed by atoms with Crippen molar-refractivity contribution in [3.8, 4) is 0 Å². The third-order valence-electron chi connectivity index (χ3n) is 5.07. The van der Waals surface area contributed by atoms with Crippen LogP contribution in [0.5, 0.6) is 0 Å². The molecule has 0 spiro atoms. The van der Waals surface area contributed by atoms with Crippen LogP contribution in [0.15, 0.2) is 27.9 Å². The van der Waals surface area contributed by atoms with Crippen LogP contribution in [0.1, 0.15) is 25.7 Å². The zero-order valence-electron chi connectivity index (χ0n) is 14.4. The first-order chi connectivity index (χ1) is 11.3. The fourth-order valence-corrected chi connectivity index (χ4v) is 4.92. The molecule has 7 nitrogen and oxygen atoms in total. The van der Waals surface area contributed by atoms with Crippen molar-refractivity contribution in [2.75, 3.05) is 6.54 Å². The molecule has 1 aliphatic rings. The van der Waals surface area contributed by atoms with Crippen LogP contribution in [-0.2, 0) is 24.1 Å². The maximum absolute atomic E-state index is 12.8. The standard InChI is InChI=1S/C16H24N4O3S.ClH/c1-19-14-8-7-12(9-15(14)20(2)16(19)21)24(22,23)18-13-6-4-3-5-11(13)10-17;/h7-9,11,13,18H,3-6,10,17H2,1-2H3;1H. The number of hydrogen-bond donors (Lipinski definition) is 2. The highest BCUT2D eigenvalue weighted by Crippen LogP contribution is 2.26. The minimum atomic E-state index is -3.64. The van der Waals surface area contributed by atoms with Crippen molar-refractivity contribution in [1.82, 2.24) is 13.9 Å². The van der Waals surface area contributed by atoms with Crippen molar-refractivity contribution >= 4 is 33.5 Å². The summed E-state index contributed by atoms with van der Waals surface area (Å²) in [5.41, 5.74) is 6.92. The van der Waals surface area contributed by atoms with Crippen LogP contribution >= 0.6 is 12.4 Å². The lowest BCUT2D eigenvalue weighted by Crippen LogP contribution is -2.44. The number of rotatable bonds is 4. The van der Waals surface area contributed by atoms with Gasteiger partial charge in [0.15, 0.2) is 0 Å². The number of nitrogens with one attached hydrogen (secondary N) is 1. The Bertz CT molecular complexity index is 919. The van der Waals surface area contributed by atoms with Crippen LogP contribution in [0.3, 0.4) is 0 Å². The predicted octanol–water partition coefficient (Wildman–Crippen LogP) is 1.09. The highest BCUT2D eigenvalue weighted by atomic mass is 35.5. The molecule has 2 atom stereocenters. The molecule has 3 N–H and O–H groups in total. The monoisotopic (exact) mass is 388 g/mol. The molecule has 9 heteroatoms. The third-order valence-corrected chi connectivity index (χ3v) is 6.56. The van der Waals surface area contributed by atoms with Gasteiger partial charge in [-0.3, -0.25) is 9.13 Å². The van der Waals surface area contributed by atoms with Gasteiger partial charge in [0, 0.05) is 20.1 Å². The number of aromatic nitrogens is 2. The molecular formula is C16H25ClN4O3S. The fraction of sp³-hybridized carbons (Fsp3) is 0.562. The molecule has 0 aliphatic heterocycles. The summed E-state index contributed by atoms with van der Waals surface area (Å²) in [5.74, 6) is 0.179. The molecule has 1 saturated carbocycles. The molecular weight excluding hydrogens is 364 g/mol. The molecule has 2 aromatic rings. The van der Waals surface area contributed by atoms with E-state index in [2.05, 4.69) is 4.72 Å². The van der Waals surface area contributed by atoms with Crippen molar-refractivity contribution in [3.63, 3.8) is 0 Å². The minimum Gasteiger partial charge on any atom is -0.330 e. The quantitative estimate of drug-likeness (QED) is 0.819. The van der Waals surface area contributed by atoms with Crippen molar-refractivity contribution in [1.29, 1.82) is 0 Å². The highest BCUT2D eigenvalue weighted by Gasteiger charge is 2.29. The third kappa shape index (κ3) is 3.62. The Labute approximate surface area is 153 Å². The largest absolute Gasteiger partial charge is 0.330 e. The first-order valence-electron chi connectivity index (χ1n) is 8.23. The van der Waals surface area contributed by atoms with E-state index in [1.165, 1.54) is 9.13 Å². The number of hydrogen-bond acceptors (Lipinski definition) is 4. The Kier molecular flexibility index (Phi) is 5.98. The summed E-state index contributed by atoms with van der Waals surface area (Å²) in [6, 6.07) is 4.65. The number of benzene rings is 1. The van der Waals surface area contributed by atoms with Crippen LogP contribution in [0, 0.1) is 5.92 Å². The normalized spacial score (nSPS) is 21.2. The van der Waals surface area contributed by atoms with Crippen LogP contribution < -0.4 is 16.1 Å². The summed E-state index contributed by atoms with van der Waals surface area (Å²) >= 11 is 0. The Hall–Kier alpha value is -1.35. The number of sulfonamides is 1. The minimum absolute atomic E-state index is 0. The van der Waals surface area contributed by atoms with E-state index in [0.717, 1.165) is 25.7 Å². The maximum atomic E-state index is 12.8. The first kappa shape index (κ1) is 20.0. The summed E-state index contributed by atoms with van der Waals surface area (Å²) in [7, 11) is -0.334. The summed E-state index contributed by atoms with van der Waals surface area (Å²) in [6.45, 7) is 0.486. The molecule has 0 amide bonds. The average Bonchev–Trinajstić information content (AvgIpc) is 2.79. The van der Waals surface area contributed by atoms with E-state index in [1.807, 2.05) is 0 Å². The van der Waals surface area contributed by atoms with Gasteiger partial charge in [0.2, 0.25) is 10.0 Å². The zero-order chi connectivity index (χ0) is 17.5. The smallest absolute Gasteiger partial charge is 0.328 e. The number of fused-ring (bicyclic) bond motifs is 1. The Morgan fingerprint density at radius 2 is 1.80 bits per heavy atom. The van der Waals surface area contributed by atoms with Crippen LogP contribution in [0.25, 0.3) is 11.0 Å². The molecule has 1 aromatic carbocycles. The number of aryl methyl sites for hydroxylation is 2. The second-order valence-electron chi connectivity index (χ2n) is 6.56. The molecule has 1 heterocycles. The van der Waals surface area contributed by atoms with Gasteiger partial charge >= 0.3 is 5.69 Å². The topological polar surface area (TPSA) is 99.1 Å². The van der Waals surface area contributed by atoms with Crippen LogP contribution in [-0.4, -0.2) is 30.1 Å². The number of imidazole rings is 1. The predicted molar refractivity (Wildman–Crippen MR) is 101 cm³/mol. The lowest BCUT2D eigenvalue weighted by Gasteiger charge is -2.31. The van der Waals surface area contributed by atoms with Crippen molar-refractivity contribution < 1.29 is 8.42 Å². The summed E-state index contributed by atoms with van der Waals surface area (Å²) in [5, 5.41) is 0. The van der Waals surface area contributed by atoms with E-state index in [0.29, 0.717) is 17.6 Å². The van der Waals surface area contributed by atoms with Gasteiger partial charge in [0.1, 0.15) is 0 Å². The molecule has 140 valence electrons. The Morgan fingerprint density at radius 1 is 1.16 bits per heavy atom. The number of nitrogens with zero attached hydrogens (tertiary/aromatic N) is 2. The zero-order valence-corrected chi connectivity index (χ0v) is 16.1. The Morgan fingerprint density at radius 3 is 2.48 bits per heavy atom. The van der Waals surface area contributed by atoms with Gasteiger partial charge in [0.05, 0.1) is 15.9 Å². The lowest BCUT2D eigenvalue weighted by molar-refractivity contribution is 0.296. The molecule has 0 saturated heterocycles. The van der Waals surface area contributed by atoms with Gasteiger partial charge in [-0.15, -0.1) is 12.4 Å². The number of halogens is 1. The summed E-state index contributed by atoms with van der Waals surface area (Å²) in [4.78, 5) is 12.2. The SMILES string of the molecule is Cl.Cn1c(=O)n(C)c2cc(S(=O)(=O)NC3CCCCC3CN)ccc21. The van der Waals surface area contributed by atoms with Crippen LogP contribution in [0.2, 0.25) is 0 Å². The van der Waals surface area contributed by atoms with Gasteiger partial charge in [-0.1, -0.05) is 12.8 Å². The first-order valence-corrected chi connectivity index (χ1v) is 9.71. The van der Waals surface area contributed by atoms with Crippen molar-refractivity contribution in [3.05, 3.63) is 28.7 Å². The van der Waals surface area contributed by atoms with E-state index in [-0.39, 0.29) is 35.0 Å². The summed E-state index contributed by atoms with van der Waals surface area (Å²) in [6.07, 6.45) is 3.87. The van der Waals surface area contributed by atoms with E-state index in [1.54, 1.807) is 32.3 Å². The van der Waals surface area contributed by atoms with E-state index < -0.39 is 10.0 Å². The van der Waals surface area contributed by atoms with Gasteiger partial charge in [-0.2, -0.15) is 0 Å². The second kappa shape index (κ2) is 7.49. The van der Waals surface area contributed by atoms with Crippen LogP contribution in [0.4, 0.5) is 0 Å². The summed E-state index contributed by atoms with van der Waals surface area (Å²) < 4.78 is 31.3. The lowest BCUT2D eigenvalue weighted by atomic mass is 9.85. The van der Waals surface area contributed by atoms with Crippen molar-refractivity contribution in [2.45, 2.75) is 36.6 Å². The molecule has 0 bridgehead atoms. The Balaban J connectivity index is 0.00000225. The second-order valence-corrected chi connectivity index (χ2v) is 8.27. The molecule has 1 aliphatic carbocycles. The molecule has 2 unspecified atom stereocenters. The molecule has 1 aromatic heterocycles. The van der Waals surface area contributed by atoms with Gasteiger partial charge in [-0.25, -0.2) is 17.9 Å². The number of nitrogens with two attached hydrogens (primary N) is 1. The molecule has 25 heavy (non-hydrogen) atoms. The average molecular weight is 389 g/mol.